The van der Waals surface area contributed by atoms with Gasteiger partial charge in [-0.2, -0.15) is 0 Å². The Balaban J connectivity index is 1.52. The maximum Gasteiger partial charge on any atom is 0.224 e. The average Bonchev–Trinajstić information content (AvgIpc) is 3.38. The van der Waals surface area contributed by atoms with Gasteiger partial charge in [-0.15, -0.1) is 0 Å². The van der Waals surface area contributed by atoms with E-state index in [4.69, 9.17) is 0 Å². The van der Waals surface area contributed by atoms with Crippen molar-refractivity contribution in [3.63, 3.8) is 0 Å². The monoisotopic (exact) mass is 405 g/mol. The molecule has 1 aliphatic carbocycles. The van der Waals surface area contributed by atoms with Gasteiger partial charge in [0.2, 0.25) is 11.8 Å². The molecular formula is C22H32FN3O3. The fourth-order valence-electron chi connectivity index (χ4n) is 4.08. The number of likely N-dealkylation sites (tertiary alicyclic amines) is 1. The summed E-state index contributed by atoms with van der Waals surface area (Å²) < 4.78 is 13.4. The molecule has 1 aromatic rings. The van der Waals surface area contributed by atoms with Gasteiger partial charge in [-0.3, -0.25) is 14.5 Å². The number of aromatic hydroxyl groups is 1. The maximum atomic E-state index is 13.4. The molecule has 2 amide bonds. The third-order valence-electron chi connectivity index (χ3n) is 5.72. The zero-order valence-corrected chi connectivity index (χ0v) is 17.3. The zero-order valence-electron chi connectivity index (χ0n) is 17.3. The maximum absolute atomic E-state index is 13.4. The van der Waals surface area contributed by atoms with Crippen LogP contribution in [0.5, 0.6) is 5.75 Å². The van der Waals surface area contributed by atoms with Crippen molar-refractivity contribution < 1.29 is 19.1 Å². The lowest BCUT2D eigenvalue weighted by Crippen LogP contribution is -2.46. The molecule has 7 heteroatoms. The van der Waals surface area contributed by atoms with Crippen molar-refractivity contribution in [1.29, 1.82) is 0 Å². The molecule has 2 fully saturated rings. The van der Waals surface area contributed by atoms with Crippen molar-refractivity contribution in [1.82, 2.24) is 15.5 Å². The molecule has 2 atom stereocenters. The Morgan fingerprint density at radius 2 is 1.90 bits per heavy atom. The van der Waals surface area contributed by atoms with Gasteiger partial charge in [0.15, 0.2) is 11.6 Å². The van der Waals surface area contributed by atoms with Crippen molar-refractivity contribution in [2.24, 2.45) is 5.92 Å². The van der Waals surface area contributed by atoms with Crippen LogP contribution in [0.1, 0.15) is 51.5 Å². The summed E-state index contributed by atoms with van der Waals surface area (Å²) in [7, 11) is 0. The van der Waals surface area contributed by atoms with Crippen LogP contribution >= 0.6 is 0 Å². The van der Waals surface area contributed by atoms with Crippen LogP contribution in [0, 0.1) is 11.7 Å². The molecule has 0 radical (unpaired) electrons. The molecule has 29 heavy (non-hydrogen) atoms. The first-order valence-electron chi connectivity index (χ1n) is 10.6. The first kappa shape index (κ1) is 21.6. The second-order valence-corrected chi connectivity index (χ2v) is 8.72. The van der Waals surface area contributed by atoms with Crippen LogP contribution in [0.15, 0.2) is 18.2 Å². The van der Waals surface area contributed by atoms with Crippen LogP contribution in [-0.4, -0.2) is 53.0 Å². The molecule has 0 aromatic heterocycles. The van der Waals surface area contributed by atoms with E-state index in [9.17, 15) is 19.1 Å². The predicted molar refractivity (Wildman–Crippen MR) is 109 cm³/mol. The molecule has 6 nitrogen and oxygen atoms in total. The molecule has 1 saturated heterocycles. The number of nitrogens with zero attached hydrogens (tertiary/aromatic N) is 1. The average molecular weight is 406 g/mol. The summed E-state index contributed by atoms with van der Waals surface area (Å²) in [5, 5.41) is 15.2. The molecule has 3 rings (SSSR count). The van der Waals surface area contributed by atoms with E-state index in [2.05, 4.69) is 15.5 Å². The third-order valence-corrected chi connectivity index (χ3v) is 5.72. The first-order valence-corrected chi connectivity index (χ1v) is 10.6. The van der Waals surface area contributed by atoms with E-state index in [1.807, 2.05) is 13.8 Å². The third kappa shape index (κ3) is 6.42. The van der Waals surface area contributed by atoms with E-state index >= 15 is 0 Å². The quantitative estimate of drug-likeness (QED) is 0.589. The van der Waals surface area contributed by atoms with Crippen molar-refractivity contribution in [3.8, 4) is 5.75 Å². The fourth-order valence-corrected chi connectivity index (χ4v) is 4.08. The Hall–Kier alpha value is -2.15. The lowest BCUT2D eigenvalue weighted by atomic mass is 10.1. The van der Waals surface area contributed by atoms with Gasteiger partial charge >= 0.3 is 0 Å². The molecule has 0 spiro atoms. The highest BCUT2D eigenvalue weighted by atomic mass is 19.1. The SMILES string of the molecule is CC(C)NC(=O)C[C@H]1CC[C@@H](CNC(=O)Cc2ccc(O)c(F)c2)N1CC1CC1. The number of phenolic OH excluding ortho intramolecular Hbond substituents is 1. The Kier molecular flexibility index (Phi) is 7.11. The highest BCUT2D eigenvalue weighted by Crippen LogP contribution is 2.35. The van der Waals surface area contributed by atoms with Crippen LogP contribution in [0.3, 0.4) is 0 Å². The minimum atomic E-state index is -0.718. The molecule has 3 N–H and O–H groups in total. The van der Waals surface area contributed by atoms with E-state index in [-0.39, 0.29) is 36.4 Å². The van der Waals surface area contributed by atoms with Crippen LogP contribution in [0.4, 0.5) is 4.39 Å². The number of rotatable bonds is 9. The Morgan fingerprint density at radius 3 is 2.55 bits per heavy atom. The summed E-state index contributed by atoms with van der Waals surface area (Å²) in [5.74, 6) is -0.498. The summed E-state index contributed by atoms with van der Waals surface area (Å²) in [5.41, 5.74) is 0.530. The fraction of sp³-hybridized carbons (Fsp3) is 0.636. The summed E-state index contributed by atoms with van der Waals surface area (Å²) in [6, 6.07) is 4.60. The normalized spacial score (nSPS) is 22.1. The molecule has 0 unspecified atom stereocenters. The zero-order chi connectivity index (χ0) is 21.0. The van der Waals surface area contributed by atoms with Gasteiger partial charge < -0.3 is 15.7 Å². The van der Waals surface area contributed by atoms with Gasteiger partial charge in [0.05, 0.1) is 6.42 Å². The van der Waals surface area contributed by atoms with E-state index in [1.54, 1.807) is 6.07 Å². The minimum Gasteiger partial charge on any atom is -0.505 e. The van der Waals surface area contributed by atoms with Crippen LogP contribution in [-0.2, 0) is 16.0 Å². The molecule has 1 heterocycles. The summed E-state index contributed by atoms with van der Waals surface area (Å²) in [6.45, 7) is 5.46. The number of hydrogen-bond donors (Lipinski definition) is 3. The van der Waals surface area contributed by atoms with Crippen LogP contribution in [0.2, 0.25) is 0 Å². The van der Waals surface area contributed by atoms with Gasteiger partial charge in [-0.05, 0) is 63.1 Å². The number of carbonyl (C=O) groups is 2. The van der Waals surface area contributed by atoms with E-state index in [0.29, 0.717) is 24.4 Å². The number of carbonyl (C=O) groups excluding carboxylic acids is 2. The number of phenols is 1. The number of hydrogen-bond acceptors (Lipinski definition) is 4. The van der Waals surface area contributed by atoms with Crippen molar-refractivity contribution in [2.45, 2.75) is 70.5 Å². The standard InChI is InChI=1S/C22H32FN3O3/c1-14(2)25-22(29)11-17-6-7-18(26(17)13-15-3-4-15)12-24-21(28)10-16-5-8-20(27)19(23)9-16/h5,8-9,14-15,17-18,27H,3-4,6-7,10-13H2,1-2H3,(H,24,28)(H,25,29)/t17-,18+/m1/s1. The second kappa shape index (κ2) is 9.57. The first-order chi connectivity index (χ1) is 13.8. The number of halogens is 1. The minimum absolute atomic E-state index is 0.0762. The number of nitrogens with one attached hydrogen (secondary N) is 2. The molecule has 1 saturated carbocycles. The van der Waals surface area contributed by atoms with Gasteiger partial charge in [-0.25, -0.2) is 4.39 Å². The molecule has 160 valence electrons. The molecule has 0 bridgehead atoms. The summed E-state index contributed by atoms with van der Waals surface area (Å²) >= 11 is 0. The summed E-state index contributed by atoms with van der Waals surface area (Å²) in [6.07, 6.45) is 4.98. The Morgan fingerprint density at radius 1 is 1.17 bits per heavy atom. The number of amides is 2. The van der Waals surface area contributed by atoms with E-state index in [1.165, 1.54) is 25.0 Å². The Labute approximate surface area is 171 Å². The van der Waals surface area contributed by atoms with Crippen LogP contribution in [0.25, 0.3) is 0 Å². The smallest absolute Gasteiger partial charge is 0.224 e. The highest BCUT2D eigenvalue weighted by Gasteiger charge is 2.38. The largest absolute Gasteiger partial charge is 0.505 e. The van der Waals surface area contributed by atoms with Gasteiger partial charge in [0, 0.05) is 37.6 Å². The lowest BCUT2D eigenvalue weighted by Gasteiger charge is -2.30. The molecule has 1 aromatic carbocycles. The van der Waals surface area contributed by atoms with Crippen molar-refractivity contribution >= 4 is 11.8 Å². The van der Waals surface area contributed by atoms with Crippen molar-refractivity contribution in [3.05, 3.63) is 29.6 Å². The number of benzene rings is 1. The van der Waals surface area contributed by atoms with E-state index in [0.717, 1.165) is 19.4 Å². The topological polar surface area (TPSA) is 81.7 Å². The van der Waals surface area contributed by atoms with Crippen LogP contribution < -0.4 is 10.6 Å². The molecule has 1 aliphatic heterocycles. The predicted octanol–water partition coefficient (Wildman–Crippen LogP) is 2.35. The lowest BCUT2D eigenvalue weighted by molar-refractivity contribution is -0.123. The molecule has 2 aliphatic rings. The molecular weight excluding hydrogens is 373 g/mol. The summed E-state index contributed by atoms with van der Waals surface area (Å²) in [4.78, 5) is 27.0. The van der Waals surface area contributed by atoms with Gasteiger partial charge in [0.25, 0.3) is 0 Å². The second-order valence-electron chi connectivity index (χ2n) is 8.72. The van der Waals surface area contributed by atoms with Crippen molar-refractivity contribution in [2.75, 3.05) is 13.1 Å². The van der Waals surface area contributed by atoms with E-state index < -0.39 is 11.6 Å². The van der Waals surface area contributed by atoms with Gasteiger partial charge in [-0.1, -0.05) is 6.07 Å². The van der Waals surface area contributed by atoms with Gasteiger partial charge in [0.1, 0.15) is 0 Å². The highest BCUT2D eigenvalue weighted by molar-refractivity contribution is 5.78. The Bertz CT molecular complexity index is 736.